The molecule has 0 aromatic heterocycles. The van der Waals surface area contributed by atoms with Crippen molar-refractivity contribution in [3.63, 3.8) is 0 Å². The number of aliphatic carboxylic acids is 1. The summed E-state index contributed by atoms with van der Waals surface area (Å²) in [6.45, 7) is 8.04. The summed E-state index contributed by atoms with van der Waals surface area (Å²) in [7, 11) is -3.37. The van der Waals surface area contributed by atoms with Crippen LogP contribution in [0.3, 0.4) is 0 Å². The van der Waals surface area contributed by atoms with Crippen LogP contribution in [0.25, 0.3) is 0 Å². The Hall–Kier alpha value is -0.620. The maximum atomic E-state index is 12.2. The number of rotatable bonds is 3. The first-order valence-electron chi connectivity index (χ1n) is 6.22. The van der Waals surface area contributed by atoms with Gasteiger partial charge in [0.25, 0.3) is 0 Å². The van der Waals surface area contributed by atoms with Crippen molar-refractivity contribution < 1.29 is 18.3 Å². The van der Waals surface area contributed by atoms with Gasteiger partial charge in [-0.25, -0.2) is 12.7 Å². The van der Waals surface area contributed by atoms with Crippen molar-refractivity contribution in [2.24, 2.45) is 17.3 Å². The summed E-state index contributed by atoms with van der Waals surface area (Å²) >= 11 is 0. The largest absolute Gasteiger partial charge is 0.481 e. The molecule has 0 saturated carbocycles. The molecule has 0 aromatic rings. The average molecular weight is 277 g/mol. The van der Waals surface area contributed by atoms with E-state index in [-0.39, 0.29) is 23.6 Å². The molecular formula is C12H23NO4S. The van der Waals surface area contributed by atoms with Gasteiger partial charge >= 0.3 is 5.97 Å². The van der Waals surface area contributed by atoms with E-state index in [1.165, 1.54) is 4.31 Å². The standard InChI is InChI=1S/C12H23NO4S/c1-9-5-10(11(14)15)7-13(6-9)18(16,17)8-12(2,3)4/h9-10H,5-8H2,1-4H3,(H,14,15). The van der Waals surface area contributed by atoms with Crippen molar-refractivity contribution in [3.05, 3.63) is 0 Å². The highest BCUT2D eigenvalue weighted by atomic mass is 32.2. The molecule has 2 unspecified atom stereocenters. The van der Waals surface area contributed by atoms with Gasteiger partial charge in [0.05, 0.1) is 11.7 Å². The lowest BCUT2D eigenvalue weighted by Gasteiger charge is -2.35. The summed E-state index contributed by atoms with van der Waals surface area (Å²) in [5.41, 5.74) is -0.321. The number of carboxylic acid groups (broad SMARTS) is 1. The zero-order valence-electron chi connectivity index (χ0n) is 11.5. The predicted octanol–water partition coefficient (Wildman–Crippen LogP) is 1.40. The minimum atomic E-state index is -3.37. The van der Waals surface area contributed by atoms with Crippen molar-refractivity contribution in [3.8, 4) is 0 Å². The Morgan fingerprint density at radius 2 is 1.89 bits per heavy atom. The van der Waals surface area contributed by atoms with Gasteiger partial charge < -0.3 is 5.11 Å². The van der Waals surface area contributed by atoms with Crippen molar-refractivity contribution in [2.45, 2.75) is 34.1 Å². The van der Waals surface area contributed by atoms with E-state index in [0.29, 0.717) is 13.0 Å². The topological polar surface area (TPSA) is 74.7 Å². The smallest absolute Gasteiger partial charge is 0.307 e. The second-order valence-electron chi connectivity index (χ2n) is 6.51. The van der Waals surface area contributed by atoms with Crippen LogP contribution in [0.1, 0.15) is 34.1 Å². The highest BCUT2D eigenvalue weighted by Crippen LogP contribution is 2.26. The third kappa shape index (κ3) is 4.24. The third-order valence-corrected chi connectivity index (χ3v) is 5.30. The van der Waals surface area contributed by atoms with E-state index < -0.39 is 21.9 Å². The van der Waals surface area contributed by atoms with Gasteiger partial charge in [0.1, 0.15) is 0 Å². The Bertz CT molecular complexity index is 410. The molecule has 5 nitrogen and oxygen atoms in total. The zero-order valence-corrected chi connectivity index (χ0v) is 12.3. The molecule has 0 bridgehead atoms. The Morgan fingerprint density at radius 3 is 2.33 bits per heavy atom. The van der Waals surface area contributed by atoms with E-state index in [1.54, 1.807) is 0 Å². The van der Waals surface area contributed by atoms with Crippen LogP contribution in [-0.4, -0.2) is 42.6 Å². The van der Waals surface area contributed by atoms with E-state index >= 15 is 0 Å². The first-order valence-corrected chi connectivity index (χ1v) is 7.83. The molecule has 0 aromatic carbocycles. The number of piperidine rings is 1. The van der Waals surface area contributed by atoms with E-state index in [1.807, 2.05) is 27.7 Å². The average Bonchev–Trinajstić information content (AvgIpc) is 2.12. The van der Waals surface area contributed by atoms with Gasteiger partial charge in [-0.2, -0.15) is 0 Å². The maximum Gasteiger partial charge on any atom is 0.307 e. The highest BCUT2D eigenvalue weighted by Gasteiger charge is 2.36. The van der Waals surface area contributed by atoms with Gasteiger partial charge in [-0.15, -0.1) is 0 Å². The third-order valence-electron chi connectivity index (χ3n) is 2.98. The summed E-state index contributed by atoms with van der Waals surface area (Å²) in [6.07, 6.45) is 0.552. The van der Waals surface area contributed by atoms with Crippen LogP contribution < -0.4 is 0 Å². The number of nitrogens with zero attached hydrogens (tertiary/aromatic N) is 1. The molecule has 0 amide bonds. The van der Waals surface area contributed by atoms with Gasteiger partial charge in [-0.3, -0.25) is 4.79 Å². The second kappa shape index (κ2) is 5.17. The maximum absolute atomic E-state index is 12.2. The molecule has 1 heterocycles. The van der Waals surface area contributed by atoms with Crippen LogP contribution in [0.15, 0.2) is 0 Å². The summed E-state index contributed by atoms with van der Waals surface area (Å²) in [5, 5.41) is 9.05. The number of hydrogen-bond donors (Lipinski definition) is 1. The molecular weight excluding hydrogens is 254 g/mol. The molecule has 1 rings (SSSR count). The molecule has 0 aliphatic carbocycles. The number of carbonyl (C=O) groups is 1. The molecule has 0 radical (unpaired) electrons. The van der Waals surface area contributed by atoms with Gasteiger partial charge in [-0.1, -0.05) is 27.7 Å². The molecule has 1 aliphatic heterocycles. The SMILES string of the molecule is CC1CC(C(=O)O)CN(S(=O)(=O)CC(C)(C)C)C1. The summed E-state index contributed by atoms with van der Waals surface area (Å²) < 4.78 is 25.8. The molecule has 2 atom stereocenters. The summed E-state index contributed by atoms with van der Waals surface area (Å²) in [6, 6.07) is 0. The van der Waals surface area contributed by atoms with E-state index in [2.05, 4.69) is 0 Å². The lowest BCUT2D eigenvalue weighted by molar-refractivity contribution is -0.143. The summed E-state index contributed by atoms with van der Waals surface area (Å²) in [5.74, 6) is -1.34. The number of hydrogen-bond acceptors (Lipinski definition) is 3. The monoisotopic (exact) mass is 277 g/mol. The van der Waals surface area contributed by atoms with Crippen LogP contribution in [-0.2, 0) is 14.8 Å². The fraction of sp³-hybridized carbons (Fsp3) is 0.917. The predicted molar refractivity (Wildman–Crippen MR) is 69.7 cm³/mol. The molecule has 1 N–H and O–H groups in total. The molecule has 1 fully saturated rings. The van der Waals surface area contributed by atoms with Crippen molar-refractivity contribution >= 4 is 16.0 Å². The van der Waals surface area contributed by atoms with Crippen LogP contribution in [0.2, 0.25) is 0 Å². The van der Waals surface area contributed by atoms with Crippen molar-refractivity contribution in [1.82, 2.24) is 4.31 Å². The van der Waals surface area contributed by atoms with Crippen molar-refractivity contribution in [2.75, 3.05) is 18.8 Å². The van der Waals surface area contributed by atoms with Crippen LogP contribution in [0.4, 0.5) is 0 Å². The number of sulfonamides is 1. The summed E-state index contributed by atoms with van der Waals surface area (Å²) in [4.78, 5) is 11.0. The zero-order chi connectivity index (χ0) is 14.1. The molecule has 1 saturated heterocycles. The molecule has 1 aliphatic rings. The van der Waals surface area contributed by atoms with Crippen molar-refractivity contribution in [1.29, 1.82) is 0 Å². The lowest BCUT2D eigenvalue weighted by atomic mass is 9.92. The van der Waals surface area contributed by atoms with E-state index in [9.17, 15) is 13.2 Å². The Kier molecular flexibility index (Phi) is 4.43. The quantitative estimate of drug-likeness (QED) is 0.846. The minimum Gasteiger partial charge on any atom is -0.481 e. The molecule has 18 heavy (non-hydrogen) atoms. The Morgan fingerprint density at radius 1 is 1.33 bits per heavy atom. The Labute approximate surface area is 109 Å². The van der Waals surface area contributed by atoms with Gasteiger partial charge in [0, 0.05) is 13.1 Å². The van der Waals surface area contributed by atoms with E-state index in [4.69, 9.17) is 5.11 Å². The normalized spacial score (nSPS) is 27.1. The molecule has 106 valence electrons. The first kappa shape index (κ1) is 15.4. The minimum absolute atomic E-state index is 0.0546. The molecule has 6 heteroatoms. The highest BCUT2D eigenvalue weighted by molar-refractivity contribution is 7.89. The van der Waals surface area contributed by atoms with E-state index in [0.717, 1.165) is 0 Å². The van der Waals surface area contributed by atoms with Crippen LogP contribution in [0, 0.1) is 17.3 Å². The number of carboxylic acids is 1. The fourth-order valence-electron chi connectivity index (χ4n) is 2.35. The first-order chi connectivity index (χ1) is 8.01. The van der Waals surface area contributed by atoms with Gasteiger partial charge in [0.2, 0.25) is 10.0 Å². The van der Waals surface area contributed by atoms with Crippen LogP contribution in [0.5, 0.6) is 0 Å². The van der Waals surface area contributed by atoms with Crippen LogP contribution >= 0.6 is 0 Å². The van der Waals surface area contributed by atoms with Gasteiger partial charge in [-0.05, 0) is 17.8 Å². The fourth-order valence-corrected chi connectivity index (χ4v) is 4.51. The Balaban J connectivity index is 2.85. The lowest BCUT2D eigenvalue weighted by Crippen LogP contribution is -2.47. The second-order valence-corrected chi connectivity index (χ2v) is 8.48. The molecule has 0 spiro atoms. The van der Waals surface area contributed by atoms with Gasteiger partial charge in [0.15, 0.2) is 0 Å².